The van der Waals surface area contributed by atoms with Crippen LogP contribution in [0.2, 0.25) is 0 Å². The Kier molecular flexibility index (Phi) is 4.58. The number of aromatic nitrogens is 2. The summed E-state index contributed by atoms with van der Waals surface area (Å²) in [5.41, 5.74) is 2.15. The SMILES string of the molecule is Cc1nn(C)cc1CNC(C)C(=O)NC1CCCC1. The lowest BCUT2D eigenvalue weighted by Crippen LogP contribution is -2.45. The number of amides is 1. The van der Waals surface area contributed by atoms with E-state index in [0.717, 1.165) is 24.1 Å². The van der Waals surface area contributed by atoms with Crippen LogP contribution < -0.4 is 10.6 Å². The average Bonchev–Trinajstić information content (AvgIpc) is 2.96. The van der Waals surface area contributed by atoms with E-state index in [1.165, 1.54) is 12.8 Å². The maximum atomic E-state index is 12.0. The van der Waals surface area contributed by atoms with Gasteiger partial charge in [0.2, 0.25) is 5.91 Å². The monoisotopic (exact) mass is 264 g/mol. The van der Waals surface area contributed by atoms with E-state index in [2.05, 4.69) is 15.7 Å². The number of carbonyl (C=O) groups is 1. The van der Waals surface area contributed by atoms with Gasteiger partial charge in [0.1, 0.15) is 0 Å². The van der Waals surface area contributed by atoms with Crippen molar-refractivity contribution >= 4 is 5.91 Å². The Hall–Kier alpha value is -1.36. The van der Waals surface area contributed by atoms with Gasteiger partial charge in [-0.3, -0.25) is 9.48 Å². The second-order valence-electron chi connectivity index (χ2n) is 5.51. The van der Waals surface area contributed by atoms with Crippen LogP contribution in [0.25, 0.3) is 0 Å². The van der Waals surface area contributed by atoms with Crippen molar-refractivity contribution in [3.8, 4) is 0 Å². The number of aryl methyl sites for hydroxylation is 2. The summed E-state index contributed by atoms with van der Waals surface area (Å²) in [7, 11) is 1.91. The van der Waals surface area contributed by atoms with Gasteiger partial charge in [-0.2, -0.15) is 5.10 Å². The molecular formula is C14H24N4O. The molecule has 0 bridgehead atoms. The van der Waals surface area contributed by atoms with E-state index in [1.54, 1.807) is 4.68 Å². The van der Waals surface area contributed by atoms with Gasteiger partial charge in [-0.05, 0) is 26.7 Å². The molecule has 2 N–H and O–H groups in total. The molecule has 1 unspecified atom stereocenters. The maximum absolute atomic E-state index is 12.0. The van der Waals surface area contributed by atoms with Crippen molar-refractivity contribution in [1.82, 2.24) is 20.4 Å². The highest BCUT2D eigenvalue weighted by atomic mass is 16.2. The number of rotatable bonds is 5. The number of nitrogens with zero attached hydrogens (tertiary/aromatic N) is 2. The predicted octanol–water partition coefficient (Wildman–Crippen LogP) is 1.27. The Morgan fingerprint density at radius 3 is 2.79 bits per heavy atom. The van der Waals surface area contributed by atoms with Gasteiger partial charge in [0.05, 0.1) is 11.7 Å². The van der Waals surface area contributed by atoms with Gasteiger partial charge in [0, 0.05) is 31.4 Å². The van der Waals surface area contributed by atoms with Crippen LogP contribution in [-0.2, 0) is 18.4 Å². The maximum Gasteiger partial charge on any atom is 0.237 e. The van der Waals surface area contributed by atoms with Crippen LogP contribution in [0.1, 0.15) is 43.9 Å². The molecule has 1 fully saturated rings. The van der Waals surface area contributed by atoms with Crippen molar-refractivity contribution in [1.29, 1.82) is 0 Å². The zero-order valence-corrected chi connectivity index (χ0v) is 12.1. The van der Waals surface area contributed by atoms with E-state index in [1.807, 2.05) is 27.1 Å². The fourth-order valence-electron chi connectivity index (χ4n) is 2.57. The molecule has 0 aromatic carbocycles. The smallest absolute Gasteiger partial charge is 0.237 e. The molecule has 0 spiro atoms. The Morgan fingerprint density at radius 2 is 2.21 bits per heavy atom. The topological polar surface area (TPSA) is 59.0 Å². The van der Waals surface area contributed by atoms with Gasteiger partial charge in [-0.25, -0.2) is 0 Å². The summed E-state index contributed by atoms with van der Waals surface area (Å²) in [6.07, 6.45) is 6.72. The minimum atomic E-state index is -0.166. The lowest BCUT2D eigenvalue weighted by Gasteiger charge is -2.17. The summed E-state index contributed by atoms with van der Waals surface area (Å²) in [6, 6.07) is 0.220. The molecule has 19 heavy (non-hydrogen) atoms. The van der Waals surface area contributed by atoms with Crippen LogP contribution in [0, 0.1) is 6.92 Å². The Bertz CT molecular complexity index is 435. The number of hydrogen-bond acceptors (Lipinski definition) is 3. The summed E-state index contributed by atoms with van der Waals surface area (Å²) in [5.74, 6) is 0.105. The van der Waals surface area contributed by atoms with Gasteiger partial charge in [0.25, 0.3) is 0 Å². The number of nitrogens with one attached hydrogen (secondary N) is 2. The van der Waals surface area contributed by atoms with Crippen LogP contribution in [0.15, 0.2) is 6.20 Å². The summed E-state index contributed by atoms with van der Waals surface area (Å²) >= 11 is 0. The molecule has 1 amide bonds. The quantitative estimate of drug-likeness (QED) is 0.842. The van der Waals surface area contributed by atoms with Gasteiger partial charge in [-0.15, -0.1) is 0 Å². The predicted molar refractivity (Wildman–Crippen MR) is 74.6 cm³/mol. The normalized spacial score (nSPS) is 17.6. The summed E-state index contributed by atoms with van der Waals surface area (Å²) in [5, 5.41) is 10.7. The van der Waals surface area contributed by atoms with Crippen molar-refractivity contribution < 1.29 is 4.79 Å². The van der Waals surface area contributed by atoms with Gasteiger partial charge < -0.3 is 10.6 Å². The van der Waals surface area contributed by atoms with E-state index in [0.29, 0.717) is 12.6 Å². The Balaban J connectivity index is 1.78. The molecule has 0 radical (unpaired) electrons. The standard InChI is InChI=1S/C14H24N4O/c1-10-12(9-18(3)17-10)8-15-11(2)14(19)16-13-6-4-5-7-13/h9,11,13,15H,4-8H2,1-3H3,(H,16,19). The third-order valence-electron chi connectivity index (χ3n) is 3.81. The highest BCUT2D eigenvalue weighted by Crippen LogP contribution is 2.17. The van der Waals surface area contributed by atoms with Crippen molar-refractivity contribution in [3.05, 3.63) is 17.5 Å². The number of carbonyl (C=O) groups excluding carboxylic acids is 1. The zero-order valence-electron chi connectivity index (χ0n) is 12.1. The molecule has 1 aromatic heterocycles. The molecule has 5 heteroatoms. The van der Waals surface area contributed by atoms with Crippen LogP contribution in [-0.4, -0.2) is 27.8 Å². The molecule has 5 nitrogen and oxygen atoms in total. The molecule has 1 aromatic rings. The van der Waals surface area contributed by atoms with E-state index in [9.17, 15) is 4.79 Å². The Morgan fingerprint density at radius 1 is 1.53 bits per heavy atom. The van der Waals surface area contributed by atoms with E-state index in [4.69, 9.17) is 0 Å². The molecule has 1 heterocycles. The minimum absolute atomic E-state index is 0.105. The van der Waals surface area contributed by atoms with Gasteiger partial charge in [-0.1, -0.05) is 12.8 Å². The van der Waals surface area contributed by atoms with E-state index in [-0.39, 0.29) is 11.9 Å². The molecule has 1 aliphatic carbocycles. The first-order chi connectivity index (χ1) is 9.06. The molecular weight excluding hydrogens is 240 g/mol. The fraction of sp³-hybridized carbons (Fsp3) is 0.714. The van der Waals surface area contributed by atoms with Gasteiger partial charge in [0.15, 0.2) is 0 Å². The number of hydrogen-bond donors (Lipinski definition) is 2. The van der Waals surface area contributed by atoms with Crippen molar-refractivity contribution in [2.45, 2.75) is 58.2 Å². The molecule has 0 saturated heterocycles. The molecule has 1 saturated carbocycles. The average molecular weight is 264 g/mol. The van der Waals surface area contributed by atoms with Crippen molar-refractivity contribution in [2.75, 3.05) is 0 Å². The first-order valence-electron chi connectivity index (χ1n) is 7.09. The Labute approximate surface area is 114 Å². The summed E-state index contributed by atoms with van der Waals surface area (Å²) in [4.78, 5) is 12.0. The second-order valence-corrected chi connectivity index (χ2v) is 5.51. The lowest BCUT2D eigenvalue weighted by molar-refractivity contribution is -0.123. The van der Waals surface area contributed by atoms with E-state index < -0.39 is 0 Å². The van der Waals surface area contributed by atoms with E-state index >= 15 is 0 Å². The third-order valence-corrected chi connectivity index (χ3v) is 3.81. The molecule has 0 aliphatic heterocycles. The van der Waals surface area contributed by atoms with Crippen LogP contribution in [0.5, 0.6) is 0 Å². The van der Waals surface area contributed by atoms with Crippen molar-refractivity contribution in [3.63, 3.8) is 0 Å². The summed E-state index contributed by atoms with van der Waals surface area (Å²) in [6.45, 7) is 4.58. The first kappa shape index (κ1) is 14.1. The van der Waals surface area contributed by atoms with Gasteiger partial charge >= 0.3 is 0 Å². The fourth-order valence-corrected chi connectivity index (χ4v) is 2.57. The van der Waals surface area contributed by atoms with Crippen LogP contribution >= 0.6 is 0 Å². The van der Waals surface area contributed by atoms with Crippen LogP contribution in [0.4, 0.5) is 0 Å². The molecule has 106 valence electrons. The zero-order chi connectivity index (χ0) is 13.8. The highest BCUT2D eigenvalue weighted by Gasteiger charge is 2.20. The van der Waals surface area contributed by atoms with Crippen LogP contribution in [0.3, 0.4) is 0 Å². The second kappa shape index (κ2) is 6.19. The van der Waals surface area contributed by atoms with Crippen molar-refractivity contribution in [2.24, 2.45) is 7.05 Å². The third kappa shape index (κ3) is 3.80. The first-order valence-corrected chi connectivity index (χ1v) is 7.09. The summed E-state index contributed by atoms with van der Waals surface area (Å²) < 4.78 is 1.80. The lowest BCUT2D eigenvalue weighted by atomic mass is 10.2. The highest BCUT2D eigenvalue weighted by molar-refractivity contribution is 5.81. The molecule has 2 rings (SSSR count). The largest absolute Gasteiger partial charge is 0.352 e. The molecule has 1 aliphatic rings. The molecule has 1 atom stereocenters. The minimum Gasteiger partial charge on any atom is -0.352 e.